The number of hydrogen-bond donors (Lipinski definition) is 0. The van der Waals surface area contributed by atoms with Gasteiger partial charge in [-0.25, -0.2) is 0 Å². The fourth-order valence-electron chi connectivity index (χ4n) is 2.71. The summed E-state index contributed by atoms with van der Waals surface area (Å²) in [6.07, 6.45) is 0.633. The van der Waals surface area contributed by atoms with E-state index in [1.54, 1.807) is 12.1 Å². The van der Waals surface area contributed by atoms with Crippen molar-refractivity contribution < 1.29 is 14.4 Å². The van der Waals surface area contributed by atoms with Crippen molar-refractivity contribution in [3.63, 3.8) is 0 Å². The molecule has 1 heterocycles. The van der Waals surface area contributed by atoms with Gasteiger partial charge >= 0.3 is 0 Å². The van der Waals surface area contributed by atoms with Crippen LogP contribution < -0.4 is 0 Å². The van der Waals surface area contributed by atoms with Gasteiger partial charge in [0.1, 0.15) is 6.61 Å². The van der Waals surface area contributed by atoms with Crippen molar-refractivity contribution in [3.05, 3.63) is 71.3 Å². The van der Waals surface area contributed by atoms with E-state index in [0.29, 0.717) is 12.0 Å². The van der Waals surface area contributed by atoms with Crippen LogP contribution in [0.2, 0.25) is 0 Å². The molecular weight excluding hydrogens is 278 g/mol. The zero-order valence-electron chi connectivity index (χ0n) is 12.4. The van der Waals surface area contributed by atoms with Crippen LogP contribution in [-0.2, 0) is 16.2 Å². The summed E-state index contributed by atoms with van der Waals surface area (Å²) >= 11 is 0. The van der Waals surface area contributed by atoms with Crippen LogP contribution in [0.5, 0.6) is 0 Å². The Balaban J connectivity index is 1.86. The number of nitrogens with zero attached hydrogens (tertiary/aromatic N) is 1. The quantitative estimate of drug-likeness (QED) is 0.813. The number of fused-ring (bicyclic) bond motifs is 1. The van der Waals surface area contributed by atoms with Gasteiger partial charge in [0, 0.05) is 5.56 Å². The molecule has 4 nitrogen and oxygen atoms in total. The molecule has 0 bridgehead atoms. The van der Waals surface area contributed by atoms with Gasteiger partial charge < -0.3 is 0 Å². The first-order chi connectivity index (χ1) is 10.7. The zero-order valence-corrected chi connectivity index (χ0v) is 12.4. The van der Waals surface area contributed by atoms with Gasteiger partial charge in [-0.05, 0) is 23.6 Å². The minimum absolute atomic E-state index is 0.191. The molecule has 1 atom stereocenters. The molecule has 2 aromatic carbocycles. The summed E-state index contributed by atoms with van der Waals surface area (Å²) in [4.78, 5) is 30.5. The Morgan fingerprint density at radius 1 is 1.00 bits per heavy atom. The van der Waals surface area contributed by atoms with Crippen molar-refractivity contribution in [1.29, 1.82) is 0 Å². The molecule has 4 heteroatoms. The third-order valence-corrected chi connectivity index (χ3v) is 3.86. The van der Waals surface area contributed by atoms with Crippen LogP contribution in [0.3, 0.4) is 0 Å². The molecule has 0 aromatic heterocycles. The van der Waals surface area contributed by atoms with Gasteiger partial charge in [-0.2, -0.15) is 0 Å². The molecule has 0 aliphatic carbocycles. The first-order valence-corrected chi connectivity index (χ1v) is 7.36. The molecule has 3 rings (SSSR count). The number of hydroxylamine groups is 2. The van der Waals surface area contributed by atoms with Gasteiger partial charge in [-0.1, -0.05) is 55.5 Å². The smallest absolute Gasteiger partial charge is 0.271 e. The third-order valence-electron chi connectivity index (χ3n) is 3.86. The summed E-state index contributed by atoms with van der Waals surface area (Å²) in [5.41, 5.74) is 2.25. The van der Waals surface area contributed by atoms with Crippen LogP contribution in [0.1, 0.15) is 40.7 Å². The highest BCUT2D eigenvalue weighted by molar-refractivity contribution is 6.10. The van der Waals surface area contributed by atoms with Crippen LogP contribution in [0.15, 0.2) is 54.6 Å². The van der Waals surface area contributed by atoms with E-state index in [2.05, 4.69) is 0 Å². The van der Waals surface area contributed by atoms with Gasteiger partial charge in [0.25, 0.3) is 11.8 Å². The standard InChI is InChI=1S/C18H17NO3/c1-2-14-15-10-6-7-11-16(15)18(21)19(17(14)20)22-12-13-8-4-3-5-9-13/h3-11,14H,2,12H2,1H3. The fourth-order valence-corrected chi connectivity index (χ4v) is 2.71. The van der Waals surface area contributed by atoms with Crippen molar-refractivity contribution in [2.24, 2.45) is 0 Å². The van der Waals surface area contributed by atoms with Crippen LogP contribution in [0.25, 0.3) is 0 Å². The van der Waals surface area contributed by atoms with Crippen molar-refractivity contribution >= 4 is 11.8 Å². The molecule has 0 N–H and O–H groups in total. The minimum Gasteiger partial charge on any atom is -0.271 e. The highest BCUT2D eigenvalue weighted by atomic mass is 16.7. The molecule has 0 radical (unpaired) electrons. The Bertz CT molecular complexity index is 696. The molecule has 0 spiro atoms. The highest BCUT2D eigenvalue weighted by Crippen LogP contribution is 2.31. The molecule has 1 aliphatic heterocycles. The summed E-state index contributed by atoms with van der Waals surface area (Å²) in [6, 6.07) is 16.7. The maximum Gasteiger partial charge on any atom is 0.285 e. The maximum absolute atomic E-state index is 12.5. The molecule has 0 fully saturated rings. The number of carbonyl (C=O) groups excluding carboxylic acids is 2. The molecular formula is C18H17NO3. The summed E-state index contributed by atoms with van der Waals surface area (Å²) in [7, 11) is 0. The van der Waals surface area contributed by atoms with Crippen molar-refractivity contribution in [2.45, 2.75) is 25.9 Å². The normalized spacial score (nSPS) is 17.5. The lowest BCUT2D eigenvalue weighted by Gasteiger charge is -2.30. The summed E-state index contributed by atoms with van der Waals surface area (Å²) in [6.45, 7) is 2.13. The topological polar surface area (TPSA) is 46.6 Å². The Morgan fingerprint density at radius 2 is 1.68 bits per heavy atom. The molecule has 22 heavy (non-hydrogen) atoms. The first-order valence-electron chi connectivity index (χ1n) is 7.36. The second-order valence-electron chi connectivity index (χ2n) is 5.24. The van der Waals surface area contributed by atoms with Crippen molar-refractivity contribution in [1.82, 2.24) is 5.06 Å². The highest BCUT2D eigenvalue weighted by Gasteiger charge is 2.38. The monoisotopic (exact) mass is 295 g/mol. The number of rotatable bonds is 4. The number of carbonyl (C=O) groups is 2. The Labute approximate surface area is 129 Å². The fraction of sp³-hybridized carbons (Fsp3) is 0.222. The minimum atomic E-state index is -0.388. The lowest BCUT2D eigenvalue weighted by Crippen LogP contribution is -2.44. The Hall–Kier alpha value is -2.46. The van der Waals surface area contributed by atoms with Gasteiger partial charge in [0.15, 0.2) is 0 Å². The zero-order chi connectivity index (χ0) is 15.5. The van der Waals surface area contributed by atoms with E-state index in [4.69, 9.17) is 4.84 Å². The second-order valence-corrected chi connectivity index (χ2v) is 5.24. The largest absolute Gasteiger partial charge is 0.285 e. The summed E-state index contributed by atoms with van der Waals surface area (Å²) in [5.74, 6) is -1.01. The van der Waals surface area contributed by atoms with Crippen LogP contribution in [0, 0.1) is 0 Å². The predicted molar refractivity (Wildman–Crippen MR) is 81.9 cm³/mol. The van der Waals surface area contributed by atoms with Crippen LogP contribution in [-0.4, -0.2) is 16.9 Å². The van der Waals surface area contributed by atoms with Gasteiger partial charge in [-0.3, -0.25) is 14.4 Å². The maximum atomic E-state index is 12.5. The summed E-state index contributed by atoms with van der Waals surface area (Å²) < 4.78 is 0. The van der Waals surface area contributed by atoms with Crippen molar-refractivity contribution in [2.75, 3.05) is 0 Å². The number of benzene rings is 2. The van der Waals surface area contributed by atoms with Gasteiger partial charge in [-0.15, -0.1) is 5.06 Å². The predicted octanol–water partition coefficient (Wildman–Crippen LogP) is 3.29. The van der Waals surface area contributed by atoms with E-state index < -0.39 is 0 Å². The average molecular weight is 295 g/mol. The van der Waals surface area contributed by atoms with Gasteiger partial charge in [0.05, 0.1) is 5.92 Å². The van der Waals surface area contributed by atoms with Crippen molar-refractivity contribution in [3.8, 4) is 0 Å². The van der Waals surface area contributed by atoms with E-state index >= 15 is 0 Å². The first kappa shape index (κ1) is 14.5. The third kappa shape index (κ3) is 2.53. The van der Waals surface area contributed by atoms with Crippen LogP contribution in [0.4, 0.5) is 0 Å². The second kappa shape index (κ2) is 6.12. The number of imide groups is 1. The Kier molecular flexibility index (Phi) is 4.02. The lowest BCUT2D eigenvalue weighted by molar-refractivity contribution is -0.176. The molecule has 2 aromatic rings. The van der Waals surface area contributed by atoms with E-state index in [9.17, 15) is 9.59 Å². The van der Waals surface area contributed by atoms with E-state index in [1.165, 1.54) is 0 Å². The molecule has 1 aliphatic rings. The number of amides is 2. The lowest BCUT2D eigenvalue weighted by atomic mass is 9.88. The average Bonchev–Trinajstić information content (AvgIpc) is 2.56. The SMILES string of the molecule is CCC1C(=O)N(OCc2ccccc2)C(=O)c2ccccc21. The molecule has 112 valence electrons. The van der Waals surface area contributed by atoms with Crippen LogP contribution >= 0.6 is 0 Å². The molecule has 1 unspecified atom stereocenters. The number of hydrogen-bond acceptors (Lipinski definition) is 3. The van der Waals surface area contributed by atoms with E-state index in [1.807, 2.05) is 49.4 Å². The van der Waals surface area contributed by atoms with Gasteiger partial charge in [0.2, 0.25) is 0 Å². The van der Waals surface area contributed by atoms with E-state index in [-0.39, 0.29) is 24.3 Å². The molecule has 0 saturated carbocycles. The molecule has 0 saturated heterocycles. The van der Waals surface area contributed by atoms with E-state index in [0.717, 1.165) is 16.2 Å². The summed E-state index contributed by atoms with van der Waals surface area (Å²) in [5, 5.41) is 0.920. The Morgan fingerprint density at radius 3 is 2.41 bits per heavy atom. The molecule has 2 amide bonds.